The number of carbonyl (C=O) groups excluding carboxylic acids is 1. The molecule has 0 aliphatic heterocycles. The van der Waals surface area contributed by atoms with Crippen molar-refractivity contribution in [2.45, 2.75) is 6.10 Å². The molecule has 0 atom stereocenters. The topological polar surface area (TPSA) is 51.2 Å². The third-order valence-electron chi connectivity index (χ3n) is 4.54. The summed E-state index contributed by atoms with van der Waals surface area (Å²) in [5, 5.41) is 2.74. The van der Waals surface area contributed by atoms with Crippen molar-refractivity contribution in [1.29, 1.82) is 0 Å². The first-order valence-corrected chi connectivity index (χ1v) is 9.48. The van der Waals surface area contributed by atoms with Crippen LogP contribution in [0.25, 0.3) is 0 Å². The van der Waals surface area contributed by atoms with E-state index in [0.29, 0.717) is 17.1 Å². The number of halogens is 1. The summed E-state index contributed by atoms with van der Waals surface area (Å²) >= 11 is 0. The summed E-state index contributed by atoms with van der Waals surface area (Å²) < 4.78 is 19.2. The van der Waals surface area contributed by atoms with Crippen molar-refractivity contribution in [1.82, 2.24) is 4.98 Å². The minimum Gasteiger partial charge on any atom is -0.465 e. The predicted octanol–water partition coefficient (Wildman–Crippen LogP) is 5.64. The minimum atomic E-state index is -0.388. The summed E-state index contributed by atoms with van der Waals surface area (Å²) in [6, 6.07) is 28.6. The molecule has 5 heteroatoms. The van der Waals surface area contributed by atoms with Crippen LogP contribution < -0.4 is 10.1 Å². The molecule has 30 heavy (non-hydrogen) atoms. The molecule has 0 unspecified atom stereocenters. The molecule has 148 valence electrons. The van der Waals surface area contributed by atoms with Gasteiger partial charge >= 0.3 is 0 Å². The number of rotatable bonds is 6. The lowest BCUT2D eigenvalue weighted by molar-refractivity contribution is 0.102. The average molecular weight is 398 g/mol. The Morgan fingerprint density at radius 2 is 1.40 bits per heavy atom. The average Bonchev–Trinajstić information content (AvgIpc) is 2.80. The van der Waals surface area contributed by atoms with Crippen molar-refractivity contribution < 1.29 is 13.9 Å². The monoisotopic (exact) mass is 398 g/mol. The maximum atomic E-state index is 13.0. The predicted molar refractivity (Wildman–Crippen MR) is 114 cm³/mol. The summed E-state index contributed by atoms with van der Waals surface area (Å²) in [4.78, 5) is 16.6. The zero-order valence-electron chi connectivity index (χ0n) is 16.0. The molecule has 1 aromatic heterocycles. The molecule has 0 bridgehead atoms. The number of aromatic nitrogens is 1. The molecule has 4 nitrogen and oxygen atoms in total. The number of amides is 1. The zero-order chi connectivity index (χ0) is 20.8. The number of ether oxygens (including phenoxy) is 1. The highest BCUT2D eigenvalue weighted by atomic mass is 19.1. The SMILES string of the molecule is O=C(Nc1ccc(OC(c2ccccc2)c2ccccc2)nc1)c1ccc(F)cc1. The van der Waals surface area contributed by atoms with Gasteiger partial charge in [0.15, 0.2) is 6.10 Å². The zero-order valence-corrected chi connectivity index (χ0v) is 16.0. The molecule has 1 N–H and O–H groups in total. The largest absolute Gasteiger partial charge is 0.465 e. The Morgan fingerprint density at radius 3 is 1.93 bits per heavy atom. The lowest BCUT2D eigenvalue weighted by Crippen LogP contribution is -2.13. The maximum absolute atomic E-state index is 13.0. The molecule has 4 rings (SSSR count). The molecular weight excluding hydrogens is 379 g/mol. The number of carbonyl (C=O) groups is 1. The van der Waals surface area contributed by atoms with Gasteiger partial charge in [-0.3, -0.25) is 4.79 Å². The van der Waals surface area contributed by atoms with Gasteiger partial charge in [0.25, 0.3) is 5.91 Å². The summed E-state index contributed by atoms with van der Waals surface area (Å²) in [5.41, 5.74) is 2.91. The van der Waals surface area contributed by atoms with Crippen LogP contribution >= 0.6 is 0 Å². The molecule has 0 saturated carbocycles. The van der Waals surface area contributed by atoms with Gasteiger partial charge in [-0.15, -0.1) is 0 Å². The fourth-order valence-electron chi connectivity index (χ4n) is 3.03. The lowest BCUT2D eigenvalue weighted by Gasteiger charge is -2.19. The number of nitrogens with zero attached hydrogens (tertiary/aromatic N) is 1. The standard InChI is InChI=1S/C25H19FN2O2/c26-21-13-11-20(12-14-21)25(29)28-22-15-16-23(27-17-22)30-24(18-7-3-1-4-8-18)19-9-5-2-6-10-19/h1-17,24H,(H,28,29). The fourth-order valence-corrected chi connectivity index (χ4v) is 3.03. The van der Waals surface area contributed by atoms with E-state index in [-0.39, 0.29) is 17.8 Å². The highest BCUT2D eigenvalue weighted by molar-refractivity contribution is 6.04. The first-order valence-electron chi connectivity index (χ1n) is 9.48. The maximum Gasteiger partial charge on any atom is 0.255 e. The van der Waals surface area contributed by atoms with Gasteiger partial charge in [-0.2, -0.15) is 0 Å². The van der Waals surface area contributed by atoms with Gasteiger partial charge in [0.2, 0.25) is 5.88 Å². The van der Waals surface area contributed by atoms with Gasteiger partial charge in [-0.1, -0.05) is 60.7 Å². The van der Waals surface area contributed by atoms with Crippen LogP contribution in [0.4, 0.5) is 10.1 Å². The molecule has 0 aliphatic rings. The van der Waals surface area contributed by atoms with Crippen molar-refractivity contribution in [2.75, 3.05) is 5.32 Å². The van der Waals surface area contributed by atoms with Crippen molar-refractivity contribution in [3.8, 4) is 5.88 Å². The second-order valence-electron chi connectivity index (χ2n) is 6.67. The lowest BCUT2D eigenvalue weighted by atomic mass is 10.0. The first kappa shape index (κ1) is 19.3. The highest BCUT2D eigenvalue weighted by Crippen LogP contribution is 2.27. The fraction of sp³-hybridized carbons (Fsp3) is 0.0400. The van der Waals surface area contributed by atoms with Crippen LogP contribution in [-0.2, 0) is 0 Å². The number of anilines is 1. The molecule has 0 spiro atoms. The van der Waals surface area contributed by atoms with Crippen LogP contribution in [0.15, 0.2) is 103 Å². The second kappa shape index (κ2) is 9.01. The molecule has 0 fully saturated rings. The number of benzene rings is 3. The Kier molecular flexibility index (Phi) is 5.80. The van der Waals surface area contributed by atoms with Crippen LogP contribution in [0.3, 0.4) is 0 Å². The smallest absolute Gasteiger partial charge is 0.255 e. The van der Waals surface area contributed by atoms with E-state index < -0.39 is 0 Å². The summed E-state index contributed by atoms with van der Waals surface area (Å²) in [6.07, 6.45) is 1.23. The Balaban J connectivity index is 1.50. The second-order valence-corrected chi connectivity index (χ2v) is 6.67. The Morgan fingerprint density at radius 1 is 0.800 bits per heavy atom. The van der Waals surface area contributed by atoms with Gasteiger partial charge < -0.3 is 10.1 Å². The molecule has 0 aliphatic carbocycles. The van der Waals surface area contributed by atoms with E-state index in [0.717, 1.165) is 11.1 Å². The van der Waals surface area contributed by atoms with E-state index in [9.17, 15) is 9.18 Å². The first-order chi connectivity index (χ1) is 14.7. The van der Waals surface area contributed by atoms with E-state index >= 15 is 0 Å². The highest BCUT2D eigenvalue weighted by Gasteiger charge is 2.16. The van der Waals surface area contributed by atoms with Crippen molar-refractivity contribution in [3.05, 3.63) is 126 Å². The normalized spacial score (nSPS) is 10.6. The van der Waals surface area contributed by atoms with E-state index in [1.807, 2.05) is 60.7 Å². The Hall–Kier alpha value is -3.99. The summed E-state index contributed by atoms with van der Waals surface area (Å²) in [5.74, 6) is -0.287. The van der Waals surface area contributed by atoms with Gasteiger partial charge in [0.05, 0.1) is 11.9 Å². The Labute approximate surface area is 174 Å². The van der Waals surface area contributed by atoms with Crippen LogP contribution in [0, 0.1) is 5.82 Å². The molecule has 0 saturated heterocycles. The summed E-state index contributed by atoms with van der Waals surface area (Å²) in [7, 11) is 0. The third-order valence-corrected chi connectivity index (χ3v) is 4.54. The quantitative estimate of drug-likeness (QED) is 0.457. The van der Waals surface area contributed by atoms with Crippen molar-refractivity contribution >= 4 is 11.6 Å². The molecule has 1 amide bonds. The molecule has 4 aromatic rings. The molecule has 3 aromatic carbocycles. The minimum absolute atomic E-state index is 0.306. The van der Waals surface area contributed by atoms with Gasteiger partial charge in [-0.25, -0.2) is 9.37 Å². The summed E-state index contributed by atoms with van der Waals surface area (Å²) in [6.45, 7) is 0. The van der Waals surface area contributed by atoms with Crippen LogP contribution in [0.5, 0.6) is 5.88 Å². The van der Waals surface area contributed by atoms with E-state index in [2.05, 4.69) is 10.3 Å². The van der Waals surface area contributed by atoms with Gasteiger partial charge in [-0.05, 0) is 41.5 Å². The van der Waals surface area contributed by atoms with E-state index in [4.69, 9.17) is 4.74 Å². The number of pyridine rings is 1. The van der Waals surface area contributed by atoms with Crippen molar-refractivity contribution in [3.63, 3.8) is 0 Å². The number of nitrogens with one attached hydrogen (secondary N) is 1. The van der Waals surface area contributed by atoms with Crippen LogP contribution in [-0.4, -0.2) is 10.9 Å². The van der Waals surface area contributed by atoms with Crippen LogP contribution in [0.2, 0.25) is 0 Å². The van der Waals surface area contributed by atoms with Crippen molar-refractivity contribution in [2.24, 2.45) is 0 Å². The Bertz CT molecular complexity index is 1060. The van der Waals surface area contributed by atoms with Gasteiger partial charge in [0, 0.05) is 11.6 Å². The van der Waals surface area contributed by atoms with E-state index in [1.54, 1.807) is 12.1 Å². The van der Waals surface area contributed by atoms with E-state index in [1.165, 1.54) is 30.5 Å². The van der Waals surface area contributed by atoms with Crippen LogP contribution in [0.1, 0.15) is 27.6 Å². The number of hydrogen-bond donors (Lipinski definition) is 1. The molecule has 1 heterocycles. The number of hydrogen-bond acceptors (Lipinski definition) is 3. The molecule has 0 radical (unpaired) electrons. The third kappa shape index (κ3) is 4.70. The van der Waals surface area contributed by atoms with Gasteiger partial charge in [0.1, 0.15) is 5.82 Å². The molecular formula is C25H19FN2O2.